The highest BCUT2D eigenvalue weighted by atomic mass is 32.2. The highest BCUT2D eigenvalue weighted by Crippen LogP contribution is 2.25. The molecule has 0 aliphatic rings. The Morgan fingerprint density at radius 2 is 1.62 bits per heavy atom. The Bertz CT molecular complexity index is 894. The molecular formula is C17H18N2O6S. The van der Waals surface area contributed by atoms with Crippen LogP contribution in [0.25, 0.3) is 0 Å². The summed E-state index contributed by atoms with van der Waals surface area (Å²) in [5.74, 6) is -0.0668. The van der Waals surface area contributed by atoms with Crippen LogP contribution in [-0.4, -0.2) is 33.8 Å². The van der Waals surface area contributed by atoms with E-state index in [1.54, 1.807) is 24.3 Å². The number of methoxy groups -OCH3 is 1. The summed E-state index contributed by atoms with van der Waals surface area (Å²) in [4.78, 5) is 24.9. The molecule has 0 aliphatic heterocycles. The van der Waals surface area contributed by atoms with Crippen LogP contribution in [0.2, 0.25) is 0 Å². The fraction of sp³-hybridized carbons (Fsp3) is 0.176. The third-order valence-corrected chi connectivity index (χ3v) is 4.59. The highest BCUT2D eigenvalue weighted by Gasteiger charge is 2.16. The van der Waals surface area contributed by atoms with Gasteiger partial charge in [-0.3, -0.25) is 15.0 Å². The maximum atomic E-state index is 12.1. The Hall–Kier alpha value is -2.91. The zero-order valence-electron chi connectivity index (χ0n) is 14.2. The molecule has 0 atom stereocenters. The van der Waals surface area contributed by atoms with Gasteiger partial charge in [-0.05, 0) is 31.2 Å². The summed E-state index contributed by atoms with van der Waals surface area (Å²) in [5.41, 5.74) is 2.44. The summed E-state index contributed by atoms with van der Waals surface area (Å²) < 4.78 is 34.6. The summed E-state index contributed by atoms with van der Waals surface area (Å²) in [6.45, 7) is 0.968. The molecule has 2 aromatic rings. The van der Waals surface area contributed by atoms with Crippen LogP contribution < -0.4 is 19.7 Å². The second-order valence-corrected chi connectivity index (χ2v) is 6.86. The zero-order chi connectivity index (χ0) is 19.2. The average molecular weight is 378 g/mol. The number of Topliss-reactive ketones (excluding diaryl/α,β-unsaturated/α-hetero) is 1. The van der Waals surface area contributed by atoms with Gasteiger partial charge in [-0.25, -0.2) is 8.42 Å². The topological polar surface area (TPSA) is 111 Å². The van der Waals surface area contributed by atoms with E-state index in [9.17, 15) is 18.0 Å². The Balaban J connectivity index is 1.92. The molecule has 8 nitrogen and oxygen atoms in total. The second kappa shape index (κ2) is 8.45. The van der Waals surface area contributed by atoms with Crippen LogP contribution in [0.1, 0.15) is 17.3 Å². The van der Waals surface area contributed by atoms with Crippen LogP contribution in [-0.2, 0) is 14.8 Å². The van der Waals surface area contributed by atoms with E-state index >= 15 is 0 Å². The number of para-hydroxylation sites is 2. The number of carbonyl (C=O) groups is 2. The number of nitrogens with one attached hydrogen (secondary N) is 2. The quantitative estimate of drug-likeness (QED) is 0.529. The third-order valence-electron chi connectivity index (χ3n) is 3.32. The monoisotopic (exact) mass is 378 g/mol. The smallest absolute Gasteiger partial charge is 0.272 e. The number of benzene rings is 2. The van der Waals surface area contributed by atoms with E-state index in [-0.39, 0.29) is 10.7 Å². The van der Waals surface area contributed by atoms with Gasteiger partial charge in [0.1, 0.15) is 0 Å². The van der Waals surface area contributed by atoms with E-state index in [0.717, 1.165) is 0 Å². The van der Waals surface area contributed by atoms with Crippen molar-refractivity contribution in [2.45, 2.75) is 11.8 Å². The summed E-state index contributed by atoms with van der Waals surface area (Å²) in [6, 6.07) is 12.1. The van der Waals surface area contributed by atoms with Crippen LogP contribution >= 0.6 is 0 Å². The SMILES string of the molecule is COc1ccccc1OCC(=O)NNS(=O)(=O)c1ccc(C(C)=O)cc1. The molecule has 2 N–H and O–H groups in total. The molecule has 0 aliphatic carbocycles. The molecule has 0 bridgehead atoms. The van der Waals surface area contributed by atoms with Crippen LogP contribution in [0.4, 0.5) is 0 Å². The van der Waals surface area contributed by atoms with Crippen molar-refractivity contribution >= 4 is 21.7 Å². The molecule has 0 heterocycles. The Morgan fingerprint density at radius 3 is 2.19 bits per heavy atom. The van der Waals surface area contributed by atoms with E-state index in [0.29, 0.717) is 17.1 Å². The van der Waals surface area contributed by atoms with Crippen molar-refractivity contribution in [3.63, 3.8) is 0 Å². The summed E-state index contributed by atoms with van der Waals surface area (Å²) >= 11 is 0. The lowest BCUT2D eigenvalue weighted by Crippen LogP contribution is -2.43. The molecule has 2 aromatic carbocycles. The first-order chi connectivity index (χ1) is 12.3. The van der Waals surface area contributed by atoms with Gasteiger partial charge in [-0.1, -0.05) is 24.3 Å². The Kier molecular flexibility index (Phi) is 6.31. The molecule has 138 valence electrons. The second-order valence-electron chi connectivity index (χ2n) is 5.17. The normalized spacial score (nSPS) is 10.8. The average Bonchev–Trinajstić information content (AvgIpc) is 2.65. The van der Waals surface area contributed by atoms with Crippen LogP contribution in [0.5, 0.6) is 11.5 Å². The number of ketones is 1. The number of rotatable bonds is 8. The fourth-order valence-electron chi connectivity index (χ4n) is 1.97. The number of hydrogen-bond donors (Lipinski definition) is 2. The molecule has 26 heavy (non-hydrogen) atoms. The molecule has 0 saturated carbocycles. The minimum atomic E-state index is -3.97. The van der Waals surface area contributed by atoms with E-state index in [2.05, 4.69) is 5.43 Å². The summed E-state index contributed by atoms with van der Waals surface area (Å²) in [7, 11) is -2.50. The number of sulfonamides is 1. The molecular weight excluding hydrogens is 360 g/mol. The van der Waals surface area contributed by atoms with Gasteiger partial charge in [0.05, 0.1) is 12.0 Å². The third kappa shape index (κ3) is 5.04. The van der Waals surface area contributed by atoms with Crippen LogP contribution in [0.15, 0.2) is 53.4 Å². The molecule has 0 aromatic heterocycles. The molecule has 9 heteroatoms. The molecule has 0 radical (unpaired) electrons. The van der Waals surface area contributed by atoms with Gasteiger partial charge in [0.2, 0.25) is 0 Å². The largest absolute Gasteiger partial charge is 0.493 e. The van der Waals surface area contributed by atoms with Gasteiger partial charge in [0.25, 0.3) is 15.9 Å². The first-order valence-corrected chi connectivity index (χ1v) is 8.99. The maximum Gasteiger partial charge on any atom is 0.272 e. The molecule has 0 unspecified atom stereocenters. The van der Waals surface area contributed by atoms with Gasteiger partial charge < -0.3 is 9.47 Å². The first kappa shape index (κ1) is 19.4. The van der Waals surface area contributed by atoms with E-state index in [1.807, 2.05) is 4.83 Å². The lowest BCUT2D eigenvalue weighted by molar-refractivity contribution is -0.123. The van der Waals surface area contributed by atoms with Crippen molar-refractivity contribution in [1.82, 2.24) is 10.3 Å². The number of hydrazine groups is 1. The van der Waals surface area contributed by atoms with Gasteiger partial charge in [-0.15, -0.1) is 4.83 Å². The van der Waals surface area contributed by atoms with E-state index < -0.39 is 22.5 Å². The first-order valence-electron chi connectivity index (χ1n) is 7.51. The van der Waals surface area contributed by atoms with Crippen molar-refractivity contribution in [1.29, 1.82) is 0 Å². The molecule has 0 spiro atoms. The van der Waals surface area contributed by atoms with Crippen molar-refractivity contribution < 1.29 is 27.5 Å². The lowest BCUT2D eigenvalue weighted by Gasteiger charge is -2.11. The molecule has 0 saturated heterocycles. The Morgan fingerprint density at radius 1 is 1.00 bits per heavy atom. The van der Waals surface area contributed by atoms with Gasteiger partial charge >= 0.3 is 0 Å². The van der Waals surface area contributed by atoms with Crippen molar-refractivity contribution in [3.8, 4) is 11.5 Å². The van der Waals surface area contributed by atoms with Crippen LogP contribution in [0.3, 0.4) is 0 Å². The van der Waals surface area contributed by atoms with Gasteiger partial charge in [0, 0.05) is 5.56 Å². The zero-order valence-corrected chi connectivity index (χ0v) is 15.0. The molecule has 0 fully saturated rings. The summed E-state index contributed by atoms with van der Waals surface area (Å²) in [5, 5.41) is 0. The number of ether oxygens (including phenoxy) is 2. The minimum Gasteiger partial charge on any atom is -0.493 e. The van der Waals surface area contributed by atoms with Gasteiger partial charge in [0.15, 0.2) is 23.9 Å². The lowest BCUT2D eigenvalue weighted by atomic mass is 10.2. The summed E-state index contributed by atoms with van der Waals surface area (Å²) in [6.07, 6.45) is 0. The predicted molar refractivity (Wildman–Crippen MR) is 93.4 cm³/mol. The van der Waals surface area contributed by atoms with Crippen LogP contribution in [0, 0.1) is 0 Å². The van der Waals surface area contributed by atoms with Crippen molar-refractivity contribution in [2.24, 2.45) is 0 Å². The van der Waals surface area contributed by atoms with Gasteiger partial charge in [-0.2, -0.15) is 0 Å². The van der Waals surface area contributed by atoms with E-state index in [1.165, 1.54) is 38.3 Å². The fourth-order valence-corrected chi connectivity index (χ4v) is 2.83. The predicted octanol–water partition coefficient (Wildman–Crippen LogP) is 1.29. The maximum absolute atomic E-state index is 12.1. The molecule has 1 amide bonds. The van der Waals surface area contributed by atoms with E-state index in [4.69, 9.17) is 9.47 Å². The van der Waals surface area contributed by atoms with Crippen molar-refractivity contribution in [2.75, 3.05) is 13.7 Å². The number of carbonyl (C=O) groups excluding carboxylic acids is 2. The number of hydrogen-bond acceptors (Lipinski definition) is 6. The highest BCUT2D eigenvalue weighted by molar-refractivity contribution is 7.89. The number of amides is 1. The Labute approximate surface area is 151 Å². The molecule has 2 rings (SSSR count). The minimum absolute atomic E-state index is 0.0894. The van der Waals surface area contributed by atoms with Crippen molar-refractivity contribution in [3.05, 3.63) is 54.1 Å². The standard InChI is InChI=1S/C17H18N2O6S/c1-12(20)13-7-9-14(10-8-13)26(22,23)19-18-17(21)11-25-16-6-4-3-5-15(16)24-2/h3-10,19H,11H2,1-2H3,(H,18,21).